The minimum Gasteiger partial charge on any atom is -0.396 e. The monoisotopic (exact) mass is 218 g/mol. The van der Waals surface area contributed by atoms with Gasteiger partial charge in [-0.2, -0.15) is 0 Å². The highest BCUT2D eigenvalue weighted by Crippen LogP contribution is 2.23. The topological polar surface area (TPSA) is 80.9 Å². The Bertz CT molecular complexity index is 131. The molecular formula is C6H12Cl2O4. The summed E-state index contributed by atoms with van der Waals surface area (Å²) in [6.45, 7) is -0.383. The van der Waals surface area contributed by atoms with Crippen LogP contribution in [0.3, 0.4) is 0 Å². The second-order valence-electron chi connectivity index (χ2n) is 2.46. The normalized spacial score (nSPS) is 21.5. The van der Waals surface area contributed by atoms with Gasteiger partial charge in [0.2, 0.25) is 0 Å². The lowest BCUT2D eigenvalue weighted by atomic mass is 10.1. The van der Waals surface area contributed by atoms with Gasteiger partial charge in [0.15, 0.2) is 5.06 Å². The zero-order valence-electron chi connectivity index (χ0n) is 6.32. The molecule has 12 heavy (non-hydrogen) atoms. The fraction of sp³-hybridized carbons (Fsp3) is 1.00. The molecule has 0 rings (SSSR count). The molecule has 4 nitrogen and oxygen atoms in total. The molecule has 0 fully saturated rings. The molecule has 0 bridgehead atoms. The molecule has 0 aromatic heterocycles. The summed E-state index contributed by atoms with van der Waals surface area (Å²) in [4.78, 5) is 0. The van der Waals surface area contributed by atoms with E-state index in [0.29, 0.717) is 0 Å². The van der Waals surface area contributed by atoms with Crippen molar-refractivity contribution in [3.8, 4) is 0 Å². The van der Waals surface area contributed by atoms with E-state index in [1.807, 2.05) is 0 Å². The summed E-state index contributed by atoms with van der Waals surface area (Å²) in [7, 11) is 0. The Hall–Kier alpha value is 0.420. The standard InChI is InChI=1S/C6H12Cl2O4/c7-3-4(10)5(11)6(8,12)1-2-9/h4-5,9-12H,1-3H2. The van der Waals surface area contributed by atoms with Crippen molar-refractivity contribution in [1.82, 2.24) is 0 Å². The SMILES string of the molecule is OCCC(O)(Cl)C(O)C(O)CCl. The van der Waals surface area contributed by atoms with Gasteiger partial charge in [-0.3, -0.25) is 0 Å². The molecule has 0 saturated heterocycles. The number of halogens is 2. The molecule has 4 N–H and O–H groups in total. The van der Waals surface area contributed by atoms with Gasteiger partial charge in [0, 0.05) is 13.0 Å². The Labute approximate surface area is 80.3 Å². The number of aliphatic hydroxyl groups excluding tert-OH is 3. The third-order valence-corrected chi connectivity index (χ3v) is 2.17. The van der Waals surface area contributed by atoms with E-state index in [-0.39, 0.29) is 18.9 Å². The third kappa shape index (κ3) is 3.43. The van der Waals surface area contributed by atoms with Crippen molar-refractivity contribution in [1.29, 1.82) is 0 Å². The largest absolute Gasteiger partial charge is 0.396 e. The van der Waals surface area contributed by atoms with Crippen LogP contribution in [0.2, 0.25) is 0 Å². The molecule has 3 unspecified atom stereocenters. The van der Waals surface area contributed by atoms with E-state index in [9.17, 15) is 5.11 Å². The van der Waals surface area contributed by atoms with Gasteiger partial charge in [0.1, 0.15) is 6.10 Å². The van der Waals surface area contributed by atoms with Crippen molar-refractivity contribution in [3.63, 3.8) is 0 Å². The lowest BCUT2D eigenvalue weighted by Gasteiger charge is -2.28. The van der Waals surface area contributed by atoms with E-state index in [1.165, 1.54) is 0 Å². The number of rotatable bonds is 5. The quantitative estimate of drug-likeness (QED) is 0.459. The minimum absolute atomic E-state index is 0.232. The minimum atomic E-state index is -2.02. The summed E-state index contributed by atoms with van der Waals surface area (Å²) in [6.07, 6.45) is -3.10. The van der Waals surface area contributed by atoms with E-state index < -0.39 is 17.3 Å². The molecule has 0 aliphatic carbocycles. The van der Waals surface area contributed by atoms with Crippen LogP contribution >= 0.6 is 23.2 Å². The summed E-state index contributed by atoms with van der Waals surface area (Å²) >= 11 is 10.6. The molecule has 0 amide bonds. The molecule has 0 aliphatic rings. The maximum Gasteiger partial charge on any atom is 0.169 e. The maximum atomic E-state index is 9.22. The second-order valence-corrected chi connectivity index (χ2v) is 3.42. The number of alkyl halides is 2. The number of hydrogen-bond acceptors (Lipinski definition) is 4. The van der Waals surface area contributed by atoms with Crippen molar-refractivity contribution < 1.29 is 20.4 Å². The van der Waals surface area contributed by atoms with Crippen molar-refractivity contribution in [2.45, 2.75) is 23.7 Å². The van der Waals surface area contributed by atoms with Crippen LogP contribution in [0.4, 0.5) is 0 Å². The molecular weight excluding hydrogens is 207 g/mol. The van der Waals surface area contributed by atoms with Crippen LogP contribution in [-0.4, -0.2) is 50.2 Å². The van der Waals surface area contributed by atoms with Gasteiger partial charge in [-0.15, -0.1) is 11.6 Å². The fourth-order valence-electron chi connectivity index (χ4n) is 0.684. The average molecular weight is 219 g/mol. The Morgan fingerprint density at radius 1 is 1.33 bits per heavy atom. The van der Waals surface area contributed by atoms with E-state index in [4.69, 9.17) is 38.5 Å². The smallest absolute Gasteiger partial charge is 0.169 e. The maximum absolute atomic E-state index is 9.22. The van der Waals surface area contributed by atoms with Gasteiger partial charge < -0.3 is 20.4 Å². The molecule has 0 heterocycles. The first-order chi connectivity index (χ1) is 5.45. The highest BCUT2D eigenvalue weighted by molar-refractivity contribution is 6.23. The summed E-state index contributed by atoms with van der Waals surface area (Å²) in [5, 5.41) is 33.8. The molecule has 6 heteroatoms. The molecule has 0 aromatic rings. The van der Waals surface area contributed by atoms with Gasteiger partial charge in [0.25, 0.3) is 0 Å². The highest BCUT2D eigenvalue weighted by atomic mass is 35.5. The molecule has 0 saturated carbocycles. The van der Waals surface area contributed by atoms with E-state index in [2.05, 4.69) is 0 Å². The molecule has 0 aromatic carbocycles. The zero-order chi connectivity index (χ0) is 9.78. The van der Waals surface area contributed by atoms with Crippen molar-refractivity contribution in [2.24, 2.45) is 0 Å². The van der Waals surface area contributed by atoms with Crippen LogP contribution < -0.4 is 0 Å². The van der Waals surface area contributed by atoms with Crippen molar-refractivity contribution >= 4 is 23.2 Å². The zero-order valence-corrected chi connectivity index (χ0v) is 7.83. The summed E-state index contributed by atoms with van der Waals surface area (Å²) in [6, 6.07) is 0. The summed E-state index contributed by atoms with van der Waals surface area (Å²) in [5.74, 6) is -0.234. The van der Waals surface area contributed by atoms with E-state index >= 15 is 0 Å². The highest BCUT2D eigenvalue weighted by Gasteiger charge is 2.37. The van der Waals surface area contributed by atoms with Gasteiger partial charge in [-0.05, 0) is 0 Å². The van der Waals surface area contributed by atoms with Gasteiger partial charge in [-0.1, -0.05) is 11.6 Å². The third-order valence-electron chi connectivity index (χ3n) is 1.44. The fourth-order valence-corrected chi connectivity index (χ4v) is 1.08. The lowest BCUT2D eigenvalue weighted by molar-refractivity contribution is -0.0810. The van der Waals surface area contributed by atoms with Crippen LogP contribution in [0.25, 0.3) is 0 Å². The molecule has 3 atom stereocenters. The number of hydrogen-bond donors (Lipinski definition) is 4. The predicted octanol–water partition coefficient (Wildman–Crippen LogP) is -0.743. The Balaban J connectivity index is 4.13. The van der Waals surface area contributed by atoms with Gasteiger partial charge in [-0.25, -0.2) is 0 Å². The van der Waals surface area contributed by atoms with Gasteiger partial charge in [0.05, 0.1) is 12.0 Å². The first kappa shape index (κ1) is 12.4. The van der Waals surface area contributed by atoms with Crippen LogP contribution in [-0.2, 0) is 0 Å². The molecule has 0 aliphatic heterocycles. The molecule has 0 radical (unpaired) electrons. The summed E-state index contributed by atoms with van der Waals surface area (Å²) in [5.41, 5.74) is 0. The Kier molecular flexibility index (Phi) is 5.40. The number of aliphatic hydroxyl groups is 4. The van der Waals surface area contributed by atoms with Crippen LogP contribution in [0.1, 0.15) is 6.42 Å². The van der Waals surface area contributed by atoms with Crippen LogP contribution in [0, 0.1) is 0 Å². The predicted molar refractivity (Wildman–Crippen MR) is 45.2 cm³/mol. The van der Waals surface area contributed by atoms with E-state index in [0.717, 1.165) is 0 Å². The molecule has 0 spiro atoms. The summed E-state index contributed by atoms with van der Waals surface area (Å²) < 4.78 is 0. The first-order valence-corrected chi connectivity index (χ1v) is 4.31. The van der Waals surface area contributed by atoms with E-state index in [1.54, 1.807) is 0 Å². The average Bonchev–Trinajstić information content (AvgIpc) is 2.01. The lowest BCUT2D eigenvalue weighted by Crippen LogP contribution is -2.46. The van der Waals surface area contributed by atoms with Crippen LogP contribution in [0.5, 0.6) is 0 Å². The first-order valence-electron chi connectivity index (χ1n) is 3.40. The second kappa shape index (κ2) is 5.21. The van der Waals surface area contributed by atoms with Gasteiger partial charge >= 0.3 is 0 Å². The van der Waals surface area contributed by atoms with Crippen LogP contribution in [0.15, 0.2) is 0 Å². The van der Waals surface area contributed by atoms with Crippen molar-refractivity contribution in [3.05, 3.63) is 0 Å². The molecule has 74 valence electrons. The van der Waals surface area contributed by atoms with Crippen molar-refractivity contribution in [2.75, 3.05) is 12.5 Å². The Morgan fingerprint density at radius 2 is 1.83 bits per heavy atom. The Morgan fingerprint density at radius 3 is 2.17 bits per heavy atom.